The molecule has 1 aromatic rings. The van der Waals surface area contributed by atoms with Crippen molar-refractivity contribution in [3.05, 3.63) is 33.4 Å². The highest BCUT2D eigenvalue weighted by Gasteiger charge is 2.66. The van der Waals surface area contributed by atoms with Crippen LogP contribution in [-0.2, 0) is 29.2 Å². The van der Waals surface area contributed by atoms with Gasteiger partial charge in [0.15, 0.2) is 0 Å². The maximum absolute atomic E-state index is 15.4. The molecule has 0 spiro atoms. The summed E-state index contributed by atoms with van der Waals surface area (Å²) in [6, 6.07) is 0. The Labute approximate surface area is 362 Å². The van der Waals surface area contributed by atoms with Crippen LogP contribution >= 0.6 is 22.8 Å². The van der Waals surface area contributed by atoms with Crippen LogP contribution in [0.1, 0.15) is 226 Å². The van der Waals surface area contributed by atoms with Gasteiger partial charge in [-0.2, -0.15) is 0 Å². The van der Waals surface area contributed by atoms with Gasteiger partial charge in [-0.1, -0.05) is 116 Å². The average molecular weight is 895 g/mol. The van der Waals surface area contributed by atoms with Crippen molar-refractivity contribution in [3.63, 3.8) is 0 Å². The molecule has 60 heavy (non-hydrogen) atoms. The van der Waals surface area contributed by atoms with Crippen LogP contribution in [0, 0.1) is 56.3 Å². The fourth-order valence-electron chi connectivity index (χ4n) is 16.4. The van der Waals surface area contributed by atoms with Gasteiger partial charge in [0.1, 0.15) is 15.5 Å². The monoisotopic (exact) mass is 895 g/mol. The quantitative estimate of drug-likeness (QED) is 0.112. The zero-order valence-corrected chi connectivity index (χ0v) is 40.1. The molecule has 12 heteroatoms. The summed E-state index contributed by atoms with van der Waals surface area (Å²) < 4.78 is 46.1. The predicted molar refractivity (Wildman–Crippen MR) is 241 cm³/mol. The normalized spacial score (nSPS) is 24.6. The van der Waals surface area contributed by atoms with Gasteiger partial charge in [0.25, 0.3) is 0 Å². The molecule has 9 nitrogen and oxygen atoms in total. The van der Waals surface area contributed by atoms with Gasteiger partial charge in [-0.25, -0.2) is 0 Å². The van der Waals surface area contributed by atoms with Gasteiger partial charge in [-0.05, 0) is 167 Å². The summed E-state index contributed by atoms with van der Waals surface area (Å²) in [6.45, 7) is 5.84. The van der Waals surface area contributed by atoms with E-state index < -0.39 is 38.3 Å². The predicted octanol–water partition coefficient (Wildman–Crippen LogP) is 13.2. The fraction of sp³-hybridized carbons (Fsp3) is 0.875. The molecule has 0 aromatic heterocycles. The molecule has 0 amide bonds. The number of hydrogen-bond acceptors (Lipinski definition) is 3. The molecule has 0 bridgehead atoms. The number of rotatable bonds is 12. The Morgan fingerprint density at radius 3 is 0.550 bits per heavy atom. The van der Waals surface area contributed by atoms with Crippen molar-refractivity contribution < 1.29 is 43.1 Å². The van der Waals surface area contributed by atoms with Gasteiger partial charge in [-0.3, -0.25) is 13.7 Å². The second-order valence-electron chi connectivity index (χ2n) is 21.1. The average Bonchev–Trinajstić information content (AvgIpc) is 3.23. The van der Waals surface area contributed by atoms with Gasteiger partial charge in [0.05, 0.1) is 0 Å². The maximum Gasteiger partial charge on any atom is 0.336 e. The summed E-state index contributed by atoms with van der Waals surface area (Å²) in [4.78, 5) is 75.1. The molecule has 0 saturated heterocycles. The van der Waals surface area contributed by atoms with Gasteiger partial charge >= 0.3 is 22.8 Å². The molecule has 6 aliphatic rings. The summed E-state index contributed by atoms with van der Waals surface area (Å²) in [7, 11) is -15.2. The number of hydrogen-bond donors (Lipinski definition) is 6. The third kappa shape index (κ3) is 7.95. The molecule has 342 valence electrons. The zero-order valence-electron chi connectivity index (χ0n) is 37.4. The van der Waals surface area contributed by atoms with Crippen molar-refractivity contribution in [2.24, 2.45) is 35.5 Å². The highest BCUT2D eigenvalue weighted by atomic mass is 31.2. The minimum atomic E-state index is -5.08. The molecule has 0 radical (unpaired) electrons. The van der Waals surface area contributed by atoms with Crippen LogP contribution in [0.5, 0.6) is 0 Å². The van der Waals surface area contributed by atoms with Crippen LogP contribution in [0.25, 0.3) is 0 Å². The summed E-state index contributed by atoms with van der Waals surface area (Å²) in [5.74, 6) is -2.17. The van der Waals surface area contributed by atoms with Crippen molar-refractivity contribution in [2.45, 2.75) is 229 Å². The summed E-state index contributed by atoms with van der Waals surface area (Å²) in [6.07, 6.45) is 24.1. The first-order valence-electron chi connectivity index (χ1n) is 24.8. The standard InChI is InChI=1S/C48H81O9P3/c1-34-43(46(58(49,50)51,37-22-10-4-11-23-37)38-24-12-5-13-25-38)35(2)45(48(60(55,56)57,41-30-18-8-19-31-41)42-32-20-9-21-33-42)36(3)44(34)47(59(52,53)54,39-26-14-6-15-27-39)40-28-16-7-17-29-40/h37-42H,4-33H2,1-3H3,(H2,49,50,51)(H2,52,53,54)(H2,55,56,57). The van der Waals surface area contributed by atoms with Crippen LogP contribution in [0.4, 0.5) is 0 Å². The summed E-state index contributed by atoms with van der Waals surface area (Å²) >= 11 is 0. The van der Waals surface area contributed by atoms with Crippen LogP contribution < -0.4 is 0 Å². The van der Waals surface area contributed by atoms with Crippen molar-refractivity contribution in [2.75, 3.05) is 0 Å². The highest BCUT2D eigenvalue weighted by Crippen LogP contribution is 2.77. The minimum Gasteiger partial charge on any atom is -0.324 e. The molecule has 0 unspecified atom stereocenters. The van der Waals surface area contributed by atoms with Crippen molar-refractivity contribution in [3.8, 4) is 0 Å². The van der Waals surface area contributed by atoms with E-state index in [9.17, 15) is 29.4 Å². The Morgan fingerprint density at radius 2 is 0.433 bits per heavy atom. The SMILES string of the molecule is Cc1c(C(C2CCCCC2)(C2CCCCC2)P(=O)(O)O)c(C)c(C(C2CCCCC2)(C2CCCCC2)P(=O)(O)O)c(C)c1C(C1CCCCC1)(C1CCCCC1)P(=O)(O)O. The molecule has 6 saturated carbocycles. The topological polar surface area (TPSA) is 173 Å². The van der Waals surface area contributed by atoms with E-state index in [4.69, 9.17) is 0 Å². The summed E-state index contributed by atoms with van der Waals surface area (Å²) in [5, 5.41) is -4.92. The van der Waals surface area contributed by atoms with Crippen molar-refractivity contribution in [1.29, 1.82) is 0 Å². The van der Waals surface area contributed by atoms with E-state index in [1.165, 1.54) is 0 Å². The van der Waals surface area contributed by atoms with Crippen LogP contribution in [0.3, 0.4) is 0 Å². The van der Waals surface area contributed by atoms with Gasteiger partial charge < -0.3 is 29.4 Å². The first kappa shape index (κ1) is 47.6. The molecule has 6 fully saturated rings. The van der Waals surface area contributed by atoms with Crippen LogP contribution in [0.2, 0.25) is 0 Å². The van der Waals surface area contributed by atoms with E-state index in [2.05, 4.69) is 0 Å². The summed E-state index contributed by atoms with van der Waals surface area (Å²) in [5.41, 5.74) is 3.41. The number of benzene rings is 1. The third-order valence-corrected chi connectivity index (χ3v) is 24.0. The molecule has 7 rings (SSSR count). The Hall–Kier alpha value is -0.330. The lowest BCUT2D eigenvalue weighted by Gasteiger charge is -2.56. The Kier molecular flexibility index (Phi) is 15.0. The smallest absolute Gasteiger partial charge is 0.324 e. The van der Waals surface area contributed by atoms with Gasteiger partial charge in [-0.15, -0.1) is 0 Å². The van der Waals surface area contributed by atoms with E-state index in [1.807, 2.05) is 20.8 Å². The Bertz CT molecular complexity index is 1490. The van der Waals surface area contributed by atoms with E-state index in [-0.39, 0.29) is 35.5 Å². The van der Waals surface area contributed by atoms with E-state index >= 15 is 13.7 Å². The lowest BCUT2D eigenvalue weighted by molar-refractivity contribution is 0.123. The largest absolute Gasteiger partial charge is 0.336 e. The molecule has 0 atom stereocenters. The first-order valence-corrected chi connectivity index (χ1v) is 29.6. The molecular weight excluding hydrogens is 813 g/mol. The van der Waals surface area contributed by atoms with Crippen molar-refractivity contribution >= 4 is 22.8 Å². The Balaban J connectivity index is 1.74. The second-order valence-corrected chi connectivity index (χ2v) is 26.6. The van der Waals surface area contributed by atoms with E-state index in [0.717, 1.165) is 116 Å². The lowest BCUT2D eigenvalue weighted by atomic mass is 9.58. The molecular formula is C48H81O9P3. The van der Waals surface area contributed by atoms with Gasteiger partial charge in [0, 0.05) is 0 Å². The molecule has 0 aliphatic heterocycles. The lowest BCUT2D eigenvalue weighted by Crippen LogP contribution is -2.50. The highest BCUT2D eigenvalue weighted by molar-refractivity contribution is 7.54. The van der Waals surface area contributed by atoms with E-state index in [0.29, 0.717) is 110 Å². The zero-order chi connectivity index (χ0) is 43.1. The molecule has 1 aromatic carbocycles. The molecule has 6 aliphatic carbocycles. The Morgan fingerprint density at radius 1 is 0.300 bits per heavy atom. The van der Waals surface area contributed by atoms with Crippen LogP contribution in [-0.4, -0.2) is 29.4 Å². The molecule has 0 heterocycles. The van der Waals surface area contributed by atoms with E-state index in [1.54, 1.807) is 0 Å². The van der Waals surface area contributed by atoms with Gasteiger partial charge in [0.2, 0.25) is 0 Å². The third-order valence-electron chi connectivity index (χ3n) is 18.3. The minimum absolute atomic E-state index is 0.362. The molecule has 6 N–H and O–H groups in total. The fourth-order valence-corrected chi connectivity index (χ4v) is 22.6. The van der Waals surface area contributed by atoms with Crippen LogP contribution in [0.15, 0.2) is 0 Å². The van der Waals surface area contributed by atoms with Crippen molar-refractivity contribution in [1.82, 2.24) is 0 Å². The first-order chi connectivity index (χ1) is 28.5. The maximum atomic E-state index is 15.4. The second kappa shape index (κ2) is 18.9.